The maximum absolute atomic E-state index is 15.5. The molecule has 3 aromatic carbocycles. The first kappa shape index (κ1) is 22.0. The SMILES string of the molecule is CC1(C)CC(=O)C2=C(C1)Nc1c(O)cccc1NC2c1ccc(OCc2ccccc2)cc1F. The highest BCUT2D eigenvalue weighted by molar-refractivity contribution is 6.01. The summed E-state index contributed by atoms with van der Waals surface area (Å²) in [4.78, 5) is 13.3. The van der Waals surface area contributed by atoms with Crippen molar-refractivity contribution in [2.45, 2.75) is 39.3 Å². The normalized spacial score (nSPS) is 18.8. The molecule has 2 aliphatic rings. The van der Waals surface area contributed by atoms with E-state index >= 15 is 4.39 Å². The zero-order chi connectivity index (χ0) is 23.9. The lowest BCUT2D eigenvalue weighted by molar-refractivity contribution is -0.118. The van der Waals surface area contributed by atoms with Crippen LogP contribution in [0.3, 0.4) is 0 Å². The first-order valence-corrected chi connectivity index (χ1v) is 11.4. The molecule has 0 spiro atoms. The van der Waals surface area contributed by atoms with E-state index in [1.807, 2.05) is 44.2 Å². The van der Waals surface area contributed by atoms with Gasteiger partial charge in [-0.3, -0.25) is 4.79 Å². The first-order valence-electron chi connectivity index (χ1n) is 11.4. The molecule has 1 aliphatic heterocycles. The van der Waals surface area contributed by atoms with Crippen LogP contribution < -0.4 is 15.4 Å². The smallest absolute Gasteiger partial charge is 0.163 e. The molecule has 6 heteroatoms. The third-order valence-electron chi connectivity index (χ3n) is 6.36. The molecule has 0 aromatic heterocycles. The molecule has 0 amide bonds. The Morgan fingerprint density at radius 2 is 1.85 bits per heavy atom. The van der Waals surface area contributed by atoms with Crippen molar-refractivity contribution in [3.05, 3.63) is 94.9 Å². The van der Waals surface area contributed by atoms with Gasteiger partial charge in [0.15, 0.2) is 5.78 Å². The highest BCUT2D eigenvalue weighted by Gasteiger charge is 2.39. The zero-order valence-electron chi connectivity index (χ0n) is 19.2. The number of benzene rings is 3. The monoisotopic (exact) mass is 458 g/mol. The lowest BCUT2D eigenvalue weighted by Crippen LogP contribution is -2.31. The average Bonchev–Trinajstić information content (AvgIpc) is 2.95. The predicted octanol–water partition coefficient (Wildman–Crippen LogP) is 6.33. The molecule has 5 rings (SSSR count). The number of aromatic hydroxyl groups is 1. The molecule has 34 heavy (non-hydrogen) atoms. The van der Waals surface area contributed by atoms with E-state index in [0.717, 1.165) is 5.56 Å². The second-order valence-corrected chi connectivity index (χ2v) is 9.69. The van der Waals surface area contributed by atoms with Gasteiger partial charge in [-0.25, -0.2) is 4.39 Å². The number of ketones is 1. The quantitative estimate of drug-likeness (QED) is 0.399. The molecule has 1 heterocycles. The fourth-order valence-electron chi connectivity index (χ4n) is 4.76. The second-order valence-electron chi connectivity index (χ2n) is 9.69. The largest absolute Gasteiger partial charge is 0.506 e. The van der Waals surface area contributed by atoms with Crippen LogP contribution in [0.5, 0.6) is 11.5 Å². The first-order chi connectivity index (χ1) is 16.3. The number of phenolic OH excluding ortho intramolecular Hbond substituents is 1. The van der Waals surface area contributed by atoms with Crippen molar-refractivity contribution in [1.29, 1.82) is 0 Å². The fourth-order valence-corrected chi connectivity index (χ4v) is 4.76. The molecular formula is C28H27FN2O3. The summed E-state index contributed by atoms with van der Waals surface area (Å²) in [6.07, 6.45) is 0.980. The van der Waals surface area contributed by atoms with E-state index in [2.05, 4.69) is 10.6 Å². The second kappa shape index (κ2) is 8.52. The number of carbonyl (C=O) groups is 1. The van der Waals surface area contributed by atoms with Crippen molar-refractivity contribution in [3.8, 4) is 11.5 Å². The maximum Gasteiger partial charge on any atom is 0.163 e. The number of hydrogen-bond donors (Lipinski definition) is 3. The molecule has 0 radical (unpaired) electrons. The van der Waals surface area contributed by atoms with Gasteiger partial charge in [-0.2, -0.15) is 0 Å². The number of anilines is 2. The predicted molar refractivity (Wildman–Crippen MR) is 130 cm³/mol. The van der Waals surface area contributed by atoms with Gasteiger partial charge in [-0.05, 0) is 41.7 Å². The fraction of sp³-hybridized carbons (Fsp3) is 0.250. The number of ether oxygens (including phenoxy) is 1. The molecule has 0 saturated carbocycles. The lowest BCUT2D eigenvalue weighted by atomic mass is 9.73. The highest BCUT2D eigenvalue weighted by Crippen LogP contribution is 2.47. The Labute approximate surface area is 198 Å². The van der Waals surface area contributed by atoms with Crippen LogP contribution in [0.4, 0.5) is 15.8 Å². The highest BCUT2D eigenvalue weighted by atomic mass is 19.1. The van der Waals surface area contributed by atoms with Gasteiger partial charge in [0.2, 0.25) is 0 Å². The summed E-state index contributed by atoms with van der Waals surface area (Å²) in [6, 6.07) is 18.8. The molecule has 0 saturated heterocycles. The summed E-state index contributed by atoms with van der Waals surface area (Å²) in [5.41, 5.74) is 3.42. The molecule has 0 bridgehead atoms. The minimum Gasteiger partial charge on any atom is -0.506 e. The van der Waals surface area contributed by atoms with Crippen molar-refractivity contribution in [2.75, 3.05) is 10.6 Å². The van der Waals surface area contributed by atoms with Crippen LogP contribution in [0.2, 0.25) is 0 Å². The summed E-state index contributed by atoms with van der Waals surface area (Å²) in [5.74, 6) is -0.0119. The van der Waals surface area contributed by atoms with Crippen molar-refractivity contribution in [1.82, 2.24) is 0 Å². The molecule has 1 aliphatic carbocycles. The van der Waals surface area contributed by atoms with Crippen LogP contribution in [0.1, 0.15) is 43.9 Å². The molecular weight excluding hydrogens is 431 g/mol. The van der Waals surface area contributed by atoms with Gasteiger partial charge in [-0.15, -0.1) is 0 Å². The summed E-state index contributed by atoms with van der Waals surface area (Å²) >= 11 is 0. The number of rotatable bonds is 4. The van der Waals surface area contributed by atoms with Crippen molar-refractivity contribution >= 4 is 17.2 Å². The van der Waals surface area contributed by atoms with Crippen LogP contribution in [-0.4, -0.2) is 10.9 Å². The number of halogens is 1. The van der Waals surface area contributed by atoms with Crippen molar-refractivity contribution < 1.29 is 19.0 Å². The Morgan fingerprint density at radius 3 is 2.62 bits per heavy atom. The third kappa shape index (κ3) is 4.23. The van der Waals surface area contributed by atoms with Crippen LogP contribution in [0, 0.1) is 11.2 Å². The number of nitrogens with one attached hydrogen (secondary N) is 2. The topological polar surface area (TPSA) is 70.6 Å². The van der Waals surface area contributed by atoms with Crippen LogP contribution >= 0.6 is 0 Å². The van der Waals surface area contributed by atoms with E-state index in [1.165, 1.54) is 6.07 Å². The van der Waals surface area contributed by atoms with Gasteiger partial charge in [0, 0.05) is 29.3 Å². The summed E-state index contributed by atoms with van der Waals surface area (Å²) < 4.78 is 21.2. The van der Waals surface area contributed by atoms with Gasteiger partial charge in [0.1, 0.15) is 29.6 Å². The van der Waals surface area contributed by atoms with Crippen LogP contribution in [0.15, 0.2) is 78.0 Å². The molecule has 1 unspecified atom stereocenters. The van der Waals surface area contributed by atoms with E-state index in [0.29, 0.717) is 53.4 Å². The number of Topliss-reactive ketones (excluding diaryl/α,β-unsaturated/α-hetero) is 1. The molecule has 5 nitrogen and oxygen atoms in total. The number of para-hydroxylation sites is 1. The van der Waals surface area contributed by atoms with Crippen LogP contribution in [0.25, 0.3) is 0 Å². The Kier molecular flexibility index (Phi) is 5.52. The van der Waals surface area contributed by atoms with Gasteiger partial charge in [0.25, 0.3) is 0 Å². The minimum absolute atomic E-state index is 0.0349. The van der Waals surface area contributed by atoms with E-state index in [-0.39, 0.29) is 16.9 Å². The van der Waals surface area contributed by atoms with E-state index in [4.69, 9.17) is 4.74 Å². The molecule has 174 valence electrons. The van der Waals surface area contributed by atoms with Crippen molar-refractivity contribution in [3.63, 3.8) is 0 Å². The summed E-state index contributed by atoms with van der Waals surface area (Å²) in [6.45, 7) is 4.41. The minimum atomic E-state index is -0.697. The third-order valence-corrected chi connectivity index (χ3v) is 6.36. The molecule has 0 fully saturated rings. The van der Waals surface area contributed by atoms with Gasteiger partial charge >= 0.3 is 0 Å². The Morgan fingerprint density at radius 1 is 1.06 bits per heavy atom. The Balaban J connectivity index is 1.52. The number of fused-ring (bicyclic) bond motifs is 1. The maximum atomic E-state index is 15.5. The van der Waals surface area contributed by atoms with E-state index in [1.54, 1.807) is 30.3 Å². The van der Waals surface area contributed by atoms with Crippen molar-refractivity contribution in [2.24, 2.45) is 5.41 Å². The van der Waals surface area contributed by atoms with Gasteiger partial charge in [-0.1, -0.05) is 50.2 Å². The van der Waals surface area contributed by atoms with E-state index in [9.17, 15) is 9.90 Å². The number of carbonyl (C=O) groups excluding carboxylic acids is 1. The summed E-state index contributed by atoms with van der Waals surface area (Å²) in [5, 5.41) is 17.1. The van der Waals surface area contributed by atoms with Gasteiger partial charge < -0.3 is 20.5 Å². The average molecular weight is 459 g/mol. The standard InChI is InChI=1S/C28H27FN2O3/c1-28(2)14-22-25(24(33)15-28)26(30-21-9-6-10-23(32)27(21)31-22)19-12-11-18(13-20(19)29)34-16-17-7-4-3-5-8-17/h3-13,26,30-32H,14-16H2,1-2H3. The molecule has 1 atom stereocenters. The lowest BCUT2D eigenvalue weighted by Gasteiger charge is -2.34. The Bertz CT molecular complexity index is 1280. The molecule has 3 aromatic rings. The van der Waals surface area contributed by atoms with E-state index < -0.39 is 11.9 Å². The molecule has 3 N–H and O–H groups in total. The van der Waals surface area contributed by atoms with Crippen LogP contribution in [-0.2, 0) is 11.4 Å². The number of phenols is 1. The zero-order valence-corrected chi connectivity index (χ0v) is 19.2. The number of hydrogen-bond acceptors (Lipinski definition) is 5. The summed E-state index contributed by atoms with van der Waals surface area (Å²) in [7, 11) is 0. The van der Waals surface area contributed by atoms with Gasteiger partial charge in [0.05, 0.1) is 11.7 Å². The number of allylic oxidation sites excluding steroid dienone is 1. The Hall–Kier alpha value is -3.80.